The van der Waals surface area contributed by atoms with E-state index >= 15 is 0 Å². The highest BCUT2D eigenvalue weighted by Crippen LogP contribution is 2.28. The molecule has 4 N–H and O–H groups in total. The molecule has 0 saturated heterocycles. The molecule has 0 spiro atoms. The first kappa shape index (κ1) is 14.9. The van der Waals surface area contributed by atoms with E-state index < -0.39 is 0 Å². The van der Waals surface area contributed by atoms with Gasteiger partial charge < -0.3 is 11.1 Å². The Morgan fingerprint density at radius 2 is 2.05 bits per heavy atom. The van der Waals surface area contributed by atoms with Crippen molar-refractivity contribution >= 4 is 11.6 Å². The summed E-state index contributed by atoms with van der Waals surface area (Å²) in [7, 11) is 0. The number of anilines is 1. The maximum Gasteiger partial charge on any atom is 0.273 e. The lowest BCUT2D eigenvalue weighted by Crippen LogP contribution is -2.31. The Bertz CT molecular complexity index is 458. The van der Waals surface area contributed by atoms with Gasteiger partial charge in [-0.2, -0.15) is 5.10 Å². The molecule has 1 saturated carbocycles. The summed E-state index contributed by atoms with van der Waals surface area (Å²) in [4.78, 5) is 12.1. The predicted molar refractivity (Wildman–Crippen MR) is 80.5 cm³/mol. The van der Waals surface area contributed by atoms with E-state index in [1.54, 1.807) is 0 Å². The van der Waals surface area contributed by atoms with Crippen LogP contribution < -0.4 is 11.1 Å². The summed E-state index contributed by atoms with van der Waals surface area (Å²) in [6.07, 6.45) is 4.94. The quantitative estimate of drug-likeness (QED) is 0.791. The number of hydrogen-bond donors (Lipinski definition) is 3. The first-order valence-electron chi connectivity index (χ1n) is 7.61. The van der Waals surface area contributed by atoms with Crippen molar-refractivity contribution in [2.75, 3.05) is 12.3 Å². The third-order valence-electron chi connectivity index (χ3n) is 4.31. The molecule has 20 heavy (non-hydrogen) atoms. The van der Waals surface area contributed by atoms with Crippen molar-refractivity contribution in [1.82, 2.24) is 15.5 Å². The van der Waals surface area contributed by atoms with Crippen LogP contribution in [0.1, 0.15) is 68.6 Å². The summed E-state index contributed by atoms with van der Waals surface area (Å²) >= 11 is 0. The Morgan fingerprint density at radius 3 is 2.60 bits per heavy atom. The van der Waals surface area contributed by atoms with Crippen molar-refractivity contribution in [3.63, 3.8) is 0 Å². The fraction of sp³-hybridized carbons (Fsp3) is 0.733. The topological polar surface area (TPSA) is 83.8 Å². The molecule has 5 heteroatoms. The fourth-order valence-electron chi connectivity index (χ4n) is 2.83. The lowest BCUT2D eigenvalue weighted by atomic mass is 9.83. The van der Waals surface area contributed by atoms with E-state index in [4.69, 9.17) is 5.73 Å². The first-order chi connectivity index (χ1) is 9.49. The number of H-pyrrole nitrogens is 1. The molecule has 112 valence electrons. The van der Waals surface area contributed by atoms with Crippen molar-refractivity contribution < 1.29 is 4.79 Å². The average molecular weight is 278 g/mol. The maximum absolute atomic E-state index is 12.1. The van der Waals surface area contributed by atoms with Gasteiger partial charge in [0.2, 0.25) is 0 Å². The highest BCUT2D eigenvalue weighted by molar-refractivity contribution is 5.97. The second kappa shape index (κ2) is 6.29. The molecule has 0 atom stereocenters. The van der Waals surface area contributed by atoms with Crippen LogP contribution in [0, 0.1) is 11.8 Å². The smallest absolute Gasteiger partial charge is 0.273 e. The van der Waals surface area contributed by atoms with Gasteiger partial charge in [-0.3, -0.25) is 9.89 Å². The number of hydrogen-bond acceptors (Lipinski definition) is 3. The summed E-state index contributed by atoms with van der Waals surface area (Å²) in [5, 5.41) is 9.89. The monoisotopic (exact) mass is 278 g/mol. The van der Waals surface area contributed by atoms with Gasteiger partial charge >= 0.3 is 0 Å². The van der Waals surface area contributed by atoms with Crippen LogP contribution in [-0.4, -0.2) is 22.6 Å². The number of amides is 1. The van der Waals surface area contributed by atoms with Crippen molar-refractivity contribution in [3.8, 4) is 0 Å². The van der Waals surface area contributed by atoms with E-state index in [9.17, 15) is 4.79 Å². The number of rotatable bonds is 4. The largest absolute Gasteiger partial charge is 0.395 e. The number of carbonyl (C=O) groups is 1. The number of carbonyl (C=O) groups excluding carboxylic acids is 1. The van der Waals surface area contributed by atoms with Crippen molar-refractivity contribution in [3.05, 3.63) is 11.4 Å². The van der Waals surface area contributed by atoms with E-state index in [-0.39, 0.29) is 11.8 Å². The van der Waals surface area contributed by atoms with Crippen molar-refractivity contribution in [2.24, 2.45) is 11.8 Å². The van der Waals surface area contributed by atoms with Crippen LogP contribution in [0.2, 0.25) is 0 Å². The van der Waals surface area contributed by atoms with E-state index in [2.05, 4.69) is 22.4 Å². The molecule has 1 aliphatic rings. The van der Waals surface area contributed by atoms with Crippen molar-refractivity contribution in [2.45, 2.75) is 52.4 Å². The van der Waals surface area contributed by atoms with Gasteiger partial charge in [-0.15, -0.1) is 0 Å². The molecule has 0 aliphatic heterocycles. The van der Waals surface area contributed by atoms with Gasteiger partial charge in [-0.1, -0.05) is 33.6 Å². The molecule has 0 aromatic carbocycles. The van der Waals surface area contributed by atoms with Gasteiger partial charge in [-0.05, 0) is 30.6 Å². The molecule has 1 aliphatic carbocycles. The third-order valence-corrected chi connectivity index (χ3v) is 4.31. The van der Waals surface area contributed by atoms with Crippen LogP contribution >= 0.6 is 0 Å². The van der Waals surface area contributed by atoms with Crippen LogP contribution in [0.4, 0.5) is 5.69 Å². The minimum atomic E-state index is -0.163. The molecule has 2 rings (SSSR count). The van der Waals surface area contributed by atoms with E-state index in [0.29, 0.717) is 17.3 Å². The second-order valence-corrected chi connectivity index (χ2v) is 6.39. The fourth-order valence-corrected chi connectivity index (χ4v) is 2.83. The highest BCUT2D eigenvalue weighted by Gasteiger charge is 2.22. The van der Waals surface area contributed by atoms with Gasteiger partial charge in [0.25, 0.3) is 5.91 Å². The SMILES string of the molecule is CC1CCC(CNC(=O)c2n[nH]c(C(C)C)c2N)CC1. The Labute approximate surface area is 120 Å². The van der Waals surface area contributed by atoms with E-state index in [1.807, 2.05) is 13.8 Å². The Balaban J connectivity index is 1.89. The van der Waals surface area contributed by atoms with Crippen LogP contribution in [0.5, 0.6) is 0 Å². The molecule has 0 unspecified atom stereocenters. The zero-order valence-corrected chi connectivity index (χ0v) is 12.7. The molecule has 5 nitrogen and oxygen atoms in total. The van der Waals surface area contributed by atoms with Gasteiger partial charge in [0.15, 0.2) is 5.69 Å². The number of aromatic nitrogens is 2. The van der Waals surface area contributed by atoms with Gasteiger partial charge in [-0.25, -0.2) is 0 Å². The predicted octanol–water partition coefficient (Wildman–Crippen LogP) is 2.67. The number of aromatic amines is 1. The number of nitrogens with one attached hydrogen (secondary N) is 2. The minimum absolute atomic E-state index is 0.163. The van der Waals surface area contributed by atoms with E-state index in [1.165, 1.54) is 25.7 Å². The molecule has 1 aromatic heterocycles. The summed E-state index contributed by atoms with van der Waals surface area (Å²) in [6.45, 7) is 7.07. The molecule has 1 fully saturated rings. The zero-order valence-electron chi connectivity index (χ0n) is 12.7. The highest BCUT2D eigenvalue weighted by atomic mass is 16.1. The summed E-state index contributed by atoms with van der Waals surface area (Å²) < 4.78 is 0. The Kier molecular flexibility index (Phi) is 4.68. The number of nitrogen functional groups attached to an aromatic ring is 1. The lowest BCUT2D eigenvalue weighted by Gasteiger charge is -2.26. The van der Waals surface area contributed by atoms with Gasteiger partial charge in [0, 0.05) is 6.54 Å². The minimum Gasteiger partial charge on any atom is -0.395 e. The van der Waals surface area contributed by atoms with Crippen molar-refractivity contribution in [1.29, 1.82) is 0 Å². The zero-order chi connectivity index (χ0) is 14.7. The van der Waals surface area contributed by atoms with E-state index in [0.717, 1.165) is 18.2 Å². The average Bonchev–Trinajstić information content (AvgIpc) is 2.80. The molecule has 0 radical (unpaired) electrons. The third kappa shape index (κ3) is 3.32. The lowest BCUT2D eigenvalue weighted by molar-refractivity contribution is 0.0937. The van der Waals surface area contributed by atoms with Crippen LogP contribution in [0.25, 0.3) is 0 Å². The summed E-state index contributed by atoms with van der Waals surface area (Å²) in [5.41, 5.74) is 7.63. The normalized spacial score (nSPS) is 23.0. The number of nitrogens with zero attached hydrogens (tertiary/aromatic N) is 1. The summed E-state index contributed by atoms with van der Waals surface area (Å²) in [6, 6.07) is 0. The maximum atomic E-state index is 12.1. The number of nitrogens with two attached hydrogens (primary N) is 1. The molecule has 1 heterocycles. The molecule has 1 amide bonds. The summed E-state index contributed by atoms with van der Waals surface area (Å²) in [5.74, 6) is 1.51. The van der Waals surface area contributed by atoms with Crippen LogP contribution in [0.3, 0.4) is 0 Å². The Morgan fingerprint density at radius 1 is 1.40 bits per heavy atom. The first-order valence-corrected chi connectivity index (χ1v) is 7.61. The van der Waals surface area contributed by atoms with Gasteiger partial charge in [0.05, 0.1) is 11.4 Å². The molecule has 1 aromatic rings. The van der Waals surface area contributed by atoms with Crippen LogP contribution in [0.15, 0.2) is 0 Å². The van der Waals surface area contributed by atoms with Crippen LogP contribution in [-0.2, 0) is 0 Å². The molecular weight excluding hydrogens is 252 g/mol. The molecular formula is C15H26N4O. The molecule has 0 bridgehead atoms. The second-order valence-electron chi connectivity index (χ2n) is 6.39. The Hall–Kier alpha value is -1.52. The van der Waals surface area contributed by atoms with Gasteiger partial charge in [0.1, 0.15) is 0 Å². The standard InChI is InChI=1S/C15H26N4O/c1-9(2)13-12(16)14(19-18-13)15(20)17-8-11-6-4-10(3)5-7-11/h9-11H,4-8,16H2,1-3H3,(H,17,20)(H,18,19).